The van der Waals surface area contributed by atoms with Crippen LogP contribution in [-0.4, -0.2) is 23.3 Å². The first-order valence-electron chi connectivity index (χ1n) is 7.73. The van der Waals surface area contributed by atoms with Gasteiger partial charge in [-0.15, -0.1) is 0 Å². The predicted octanol–water partition coefficient (Wildman–Crippen LogP) is 3.24. The molecule has 2 N–H and O–H groups in total. The van der Waals surface area contributed by atoms with Crippen LogP contribution in [0, 0.1) is 5.92 Å². The largest absolute Gasteiger partial charge is 0.392 e. The Hall–Kier alpha value is -0.0800. The molecule has 0 spiro atoms. The summed E-state index contributed by atoms with van der Waals surface area (Å²) >= 11 is 0. The van der Waals surface area contributed by atoms with Gasteiger partial charge in [0, 0.05) is 12.1 Å². The van der Waals surface area contributed by atoms with Crippen LogP contribution in [0.25, 0.3) is 0 Å². The lowest BCUT2D eigenvalue weighted by Gasteiger charge is -2.35. The van der Waals surface area contributed by atoms with Crippen LogP contribution < -0.4 is 5.32 Å². The Labute approximate surface area is 106 Å². The second kappa shape index (κ2) is 6.75. The summed E-state index contributed by atoms with van der Waals surface area (Å²) in [5.74, 6) is 0.981. The first-order chi connectivity index (χ1) is 8.29. The lowest BCUT2D eigenvalue weighted by atomic mass is 9.82. The van der Waals surface area contributed by atoms with Crippen molar-refractivity contribution in [3.63, 3.8) is 0 Å². The molecule has 2 rings (SSSR count). The van der Waals surface area contributed by atoms with Crippen LogP contribution in [0.15, 0.2) is 0 Å². The Morgan fingerprint density at radius 1 is 1.00 bits per heavy atom. The smallest absolute Gasteiger partial charge is 0.0693 e. The molecular formula is C15H29NO. The van der Waals surface area contributed by atoms with Gasteiger partial charge in [-0.3, -0.25) is 0 Å². The van der Waals surface area contributed by atoms with Gasteiger partial charge in [0.1, 0.15) is 0 Å². The van der Waals surface area contributed by atoms with E-state index >= 15 is 0 Å². The van der Waals surface area contributed by atoms with E-state index in [1.54, 1.807) is 0 Å². The maximum Gasteiger partial charge on any atom is 0.0693 e. The van der Waals surface area contributed by atoms with Gasteiger partial charge < -0.3 is 10.4 Å². The van der Waals surface area contributed by atoms with Gasteiger partial charge in [-0.25, -0.2) is 0 Å². The lowest BCUT2D eigenvalue weighted by Crippen LogP contribution is -2.48. The molecule has 2 heteroatoms. The fourth-order valence-electron chi connectivity index (χ4n) is 3.63. The maximum absolute atomic E-state index is 9.97. The minimum absolute atomic E-state index is 0.0860. The molecule has 0 bridgehead atoms. The number of nitrogens with one attached hydrogen (secondary N) is 1. The Morgan fingerprint density at radius 2 is 1.71 bits per heavy atom. The molecule has 0 aliphatic heterocycles. The summed E-state index contributed by atoms with van der Waals surface area (Å²) < 4.78 is 0. The van der Waals surface area contributed by atoms with Gasteiger partial charge in [-0.2, -0.15) is 0 Å². The third kappa shape index (κ3) is 3.96. The Balaban J connectivity index is 1.70. The number of aliphatic hydroxyl groups excluding tert-OH is 1. The van der Waals surface area contributed by atoms with E-state index in [1.807, 2.05) is 0 Å². The monoisotopic (exact) mass is 239 g/mol. The van der Waals surface area contributed by atoms with E-state index < -0.39 is 0 Å². The molecule has 100 valence electrons. The summed E-state index contributed by atoms with van der Waals surface area (Å²) in [6.07, 6.45) is 12.8. The third-order valence-corrected chi connectivity index (χ3v) is 4.72. The first kappa shape index (κ1) is 13.4. The van der Waals surface area contributed by atoms with Gasteiger partial charge >= 0.3 is 0 Å². The average molecular weight is 239 g/mol. The molecule has 0 aromatic heterocycles. The van der Waals surface area contributed by atoms with E-state index in [-0.39, 0.29) is 6.10 Å². The van der Waals surface area contributed by atoms with Crippen molar-refractivity contribution < 1.29 is 5.11 Å². The van der Waals surface area contributed by atoms with E-state index in [0.717, 1.165) is 12.3 Å². The molecule has 17 heavy (non-hydrogen) atoms. The third-order valence-electron chi connectivity index (χ3n) is 4.72. The zero-order chi connectivity index (χ0) is 12.1. The summed E-state index contributed by atoms with van der Waals surface area (Å²) in [6, 6.07) is 1.07. The Morgan fingerprint density at radius 3 is 2.35 bits per heavy atom. The van der Waals surface area contributed by atoms with Crippen LogP contribution in [0.4, 0.5) is 0 Å². The molecule has 0 saturated heterocycles. The summed E-state index contributed by atoms with van der Waals surface area (Å²) in [6.45, 7) is 2.29. The molecule has 2 atom stereocenters. The minimum atomic E-state index is -0.0860. The topological polar surface area (TPSA) is 32.3 Å². The second-order valence-corrected chi connectivity index (χ2v) is 6.13. The molecule has 2 aliphatic carbocycles. The van der Waals surface area contributed by atoms with Crippen LogP contribution in [0.5, 0.6) is 0 Å². The molecule has 2 saturated carbocycles. The number of rotatable bonds is 4. The van der Waals surface area contributed by atoms with Gasteiger partial charge in [0.25, 0.3) is 0 Å². The van der Waals surface area contributed by atoms with Crippen LogP contribution in [-0.2, 0) is 0 Å². The minimum Gasteiger partial charge on any atom is -0.392 e. The summed E-state index contributed by atoms with van der Waals surface area (Å²) in [5.41, 5.74) is 0. The van der Waals surface area contributed by atoms with E-state index in [9.17, 15) is 5.11 Å². The SMILES string of the molecule is CCCC1CCC(NC2CCCCC2O)CC1. The molecule has 0 radical (unpaired) electrons. The quantitative estimate of drug-likeness (QED) is 0.789. The molecule has 0 aromatic rings. The number of hydrogen-bond acceptors (Lipinski definition) is 2. The standard InChI is InChI=1S/C15H29NO/c1-2-5-12-8-10-13(11-9-12)16-14-6-3-4-7-15(14)17/h12-17H,2-11H2,1H3. The highest BCUT2D eigenvalue weighted by atomic mass is 16.3. The zero-order valence-electron chi connectivity index (χ0n) is 11.3. The lowest BCUT2D eigenvalue weighted by molar-refractivity contribution is 0.0795. The van der Waals surface area contributed by atoms with Crippen LogP contribution in [0.2, 0.25) is 0 Å². The van der Waals surface area contributed by atoms with Crippen molar-refractivity contribution in [2.45, 2.75) is 89.3 Å². The number of hydrogen-bond donors (Lipinski definition) is 2. The van der Waals surface area contributed by atoms with Crippen molar-refractivity contribution in [3.8, 4) is 0 Å². The Bertz CT molecular complexity index is 211. The van der Waals surface area contributed by atoms with Gasteiger partial charge in [-0.05, 0) is 44.4 Å². The predicted molar refractivity (Wildman–Crippen MR) is 72.1 cm³/mol. The summed E-state index contributed by atoms with van der Waals surface area (Å²) in [7, 11) is 0. The normalized spacial score (nSPS) is 39.2. The first-order valence-corrected chi connectivity index (χ1v) is 7.73. The molecule has 2 fully saturated rings. The van der Waals surface area contributed by atoms with Crippen molar-refractivity contribution >= 4 is 0 Å². The van der Waals surface area contributed by atoms with E-state index in [0.29, 0.717) is 12.1 Å². The summed E-state index contributed by atoms with van der Waals surface area (Å²) in [5, 5.41) is 13.7. The summed E-state index contributed by atoms with van der Waals surface area (Å²) in [4.78, 5) is 0. The van der Waals surface area contributed by atoms with Crippen molar-refractivity contribution in [2.24, 2.45) is 5.92 Å². The van der Waals surface area contributed by atoms with Crippen molar-refractivity contribution in [3.05, 3.63) is 0 Å². The highest BCUT2D eigenvalue weighted by Crippen LogP contribution is 2.29. The maximum atomic E-state index is 9.97. The fourth-order valence-corrected chi connectivity index (χ4v) is 3.63. The zero-order valence-corrected chi connectivity index (χ0v) is 11.3. The van der Waals surface area contributed by atoms with E-state index in [4.69, 9.17) is 0 Å². The van der Waals surface area contributed by atoms with Crippen LogP contribution in [0.3, 0.4) is 0 Å². The molecule has 0 amide bonds. The molecule has 0 aromatic carbocycles. The van der Waals surface area contributed by atoms with Gasteiger partial charge in [-0.1, -0.05) is 32.6 Å². The molecule has 0 heterocycles. The van der Waals surface area contributed by atoms with E-state index in [2.05, 4.69) is 12.2 Å². The fraction of sp³-hybridized carbons (Fsp3) is 1.00. The van der Waals surface area contributed by atoms with Crippen LogP contribution >= 0.6 is 0 Å². The van der Waals surface area contributed by atoms with Gasteiger partial charge in [0.05, 0.1) is 6.10 Å². The van der Waals surface area contributed by atoms with Crippen molar-refractivity contribution in [1.29, 1.82) is 0 Å². The molecule has 2 nitrogen and oxygen atoms in total. The number of aliphatic hydroxyl groups is 1. The highest BCUT2D eigenvalue weighted by Gasteiger charge is 2.27. The second-order valence-electron chi connectivity index (χ2n) is 6.13. The Kier molecular flexibility index (Phi) is 5.30. The van der Waals surface area contributed by atoms with Crippen molar-refractivity contribution in [1.82, 2.24) is 5.32 Å². The van der Waals surface area contributed by atoms with Gasteiger partial charge in [0.15, 0.2) is 0 Å². The van der Waals surface area contributed by atoms with Crippen molar-refractivity contribution in [2.75, 3.05) is 0 Å². The van der Waals surface area contributed by atoms with E-state index in [1.165, 1.54) is 57.8 Å². The molecule has 2 aliphatic rings. The highest BCUT2D eigenvalue weighted by molar-refractivity contribution is 4.86. The molecule has 2 unspecified atom stereocenters. The molecular weight excluding hydrogens is 210 g/mol. The van der Waals surface area contributed by atoms with Crippen LogP contribution in [0.1, 0.15) is 71.1 Å². The average Bonchev–Trinajstić information content (AvgIpc) is 2.35. The van der Waals surface area contributed by atoms with Gasteiger partial charge in [0.2, 0.25) is 0 Å².